The maximum Gasteiger partial charge on any atom is 0.347 e. The Bertz CT molecular complexity index is 1350. The molecule has 5 rings (SSSR count). The first kappa shape index (κ1) is 21.3. The van der Waals surface area contributed by atoms with Crippen molar-refractivity contribution in [3.05, 3.63) is 106 Å². The molecule has 2 heterocycles. The van der Waals surface area contributed by atoms with Crippen LogP contribution in [0.15, 0.2) is 72.8 Å². The third-order valence-corrected chi connectivity index (χ3v) is 5.92. The molecule has 0 bridgehead atoms. The molecule has 2 aliphatic heterocycles. The third kappa shape index (κ3) is 3.36. The van der Waals surface area contributed by atoms with Crippen molar-refractivity contribution in [2.45, 2.75) is 13.8 Å². The van der Waals surface area contributed by atoms with E-state index in [1.54, 1.807) is 74.5 Å². The number of hydrogen-bond acceptors (Lipinski definition) is 6. The molecule has 0 aliphatic carbocycles. The number of carbonyl (C=O) groups is 4. The van der Waals surface area contributed by atoms with Gasteiger partial charge in [0.1, 0.15) is 0 Å². The predicted octanol–water partition coefficient (Wildman–Crippen LogP) is 4.29. The summed E-state index contributed by atoms with van der Waals surface area (Å²) in [7, 11) is 0. The van der Waals surface area contributed by atoms with Crippen LogP contribution in [-0.4, -0.2) is 23.9 Å². The second kappa shape index (κ2) is 8.08. The number of benzene rings is 3. The van der Waals surface area contributed by atoms with Crippen LogP contribution in [0.4, 0.5) is 0 Å². The Morgan fingerprint density at radius 3 is 1.15 bits per heavy atom. The van der Waals surface area contributed by atoms with Gasteiger partial charge in [0.15, 0.2) is 0 Å². The van der Waals surface area contributed by atoms with E-state index in [4.69, 9.17) is 9.47 Å². The van der Waals surface area contributed by atoms with Gasteiger partial charge in [-0.3, -0.25) is 0 Å². The fourth-order valence-electron chi connectivity index (χ4n) is 4.36. The SMILES string of the molecule is Cc1cc(C2=C(c3ccccc3)C(=O)OC2=O)c(C)cc1C1=C(c2ccccc2)C(=O)OC1=O. The number of ether oxygens (including phenoxy) is 2. The molecule has 34 heavy (non-hydrogen) atoms. The van der Waals surface area contributed by atoms with E-state index in [0.717, 1.165) is 0 Å². The fourth-order valence-corrected chi connectivity index (χ4v) is 4.36. The molecule has 0 radical (unpaired) electrons. The summed E-state index contributed by atoms with van der Waals surface area (Å²) in [6.07, 6.45) is 0. The second-order valence-electron chi connectivity index (χ2n) is 8.07. The summed E-state index contributed by atoms with van der Waals surface area (Å²) in [5.41, 5.74) is 4.22. The molecule has 6 heteroatoms. The first-order valence-corrected chi connectivity index (χ1v) is 10.6. The van der Waals surface area contributed by atoms with Gasteiger partial charge in [-0.2, -0.15) is 0 Å². The average molecular weight is 450 g/mol. The molecule has 0 saturated carbocycles. The largest absolute Gasteiger partial charge is 0.386 e. The lowest BCUT2D eigenvalue weighted by molar-refractivity contribution is -0.151. The zero-order chi connectivity index (χ0) is 24.0. The molecule has 0 aromatic heterocycles. The smallest absolute Gasteiger partial charge is 0.347 e. The molecule has 2 aliphatic rings. The fraction of sp³-hybridized carbons (Fsp3) is 0.0714. The first-order chi connectivity index (χ1) is 16.4. The van der Waals surface area contributed by atoms with E-state index in [1.807, 2.05) is 12.1 Å². The van der Waals surface area contributed by atoms with Gasteiger partial charge in [-0.15, -0.1) is 0 Å². The summed E-state index contributed by atoms with van der Waals surface area (Å²) in [6.45, 7) is 3.55. The molecule has 6 nitrogen and oxygen atoms in total. The zero-order valence-electron chi connectivity index (χ0n) is 18.4. The highest BCUT2D eigenvalue weighted by atomic mass is 16.6. The minimum Gasteiger partial charge on any atom is -0.386 e. The predicted molar refractivity (Wildman–Crippen MR) is 125 cm³/mol. The van der Waals surface area contributed by atoms with Gasteiger partial charge in [-0.25, -0.2) is 19.2 Å². The molecular weight excluding hydrogens is 432 g/mol. The van der Waals surface area contributed by atoms with Crippen LogP contribution >= 0.6 is 0 Å². The molecule has 3 aromatic carbocycles. The molecule has 166 valence electrons. The van der Waals surface area contributed by atoms with Crippen molar-refractivity contribution in [2.24, 2.45) is 0 Å². The van der Waals surface area contributed by atoms with E-state index in [1.165, 1.54) is 0 Å². The molecule has 0 atom stereocenters. The van der Waals surface area contributed by atoms with Crippen molar-refractivity contribution in [1.29, 1.82) is 0 Å². The molecule has 0 amide bonds. The highest BCUT2D eigenvalue weighted by Gasteiger charge is 2.38. The van der Waals surface area contributed by atoms with Crippen LogP contribution in [0.5, 0.6) is 0 Å². The Hall–Kier alpha value is -4.58. The van der Waals surface area contributed by atoms with Crippen molar-refractivity contribution >= 4 is 46.2 Å². The minimum atomic E-state index is -0.723. The number of rotatable bonds is 4. The summed E-state index contributed by atoms with van der Waals surface area (Å²) in [5.74, 6) is -2.85. The Morgan fingerprint density at radius 1 is 0.471 bits per heavy atom. The normalized spacial score (nSPS) is 15.8. The topological polar surface area (TPSA) is 86.7 Å². The molecular formula is C28H18O6. The van der Waals surface area contributed by atoms with Crippen LogP contribution in [-0.2, 0) is 28.7 Å². The lowest BCUT2D eigenvalue weighted by atomic mass is 9.87. The number of hydrogen-bond donors (Lipinski definition) is 0. The molecule has 0 unspecified atom stereocenters. The van der Waals surface area contributed by atoms with Crippen LogP contribution in [0, 0.1) is 13.8 Å². The van der Waals surface area contributed by atoms with Gasteiger partial charge in [-0.1, -0.05) is 72.8 Å². The Balaban J connectivity index is 1.71. The molecule has 0 fully saturated rings. The van der Waals surface area contributed by atoms with Crippen LogP contribution in [0.1, 0.15) is 33.4 Å². The van der Waals surface area contributed by atoms with Crippen LogP contribution in [0.2, 0.25) is 0 Å². The van der Waals surface area contributed by atoms with E-state index in [9.17, 15) is 19.2 Å². The van der Waals surface area contributed by atoms with Crippen molar-refractivity contribution in [3.8, 4) is 0 Å². The maximum absolute atomic E-state index is 12.7. The van der Waals surface area contributed by atoms with Crippen LogP contribution in [0.25, 0.3) is 22.3 Å². The summed E-state index contributed by atoms with van der Waals surface area (Å²) in [6, 6.07) is 21.1. The van der Waals surface area contributed by atoms with Gasteiger partial charge in [0.25, 0.3) is 0 Å². The monoisotopic (exact) mass is 450 g/mol. The molecule has 0 spiro atoms. The Kier molecular flexibility index (Phi) is 5.06. The van der Waals surface area contributed by atoms with E-state index < -0.39 is 23.9 Å². The third-order valence-electron chi connectivity index (χ3n) is 5.92. The molecule has 0 N–H and O–H groups in total. The lowest BCUT2D eigenvalue weighted by Crippen LogP contribution is -2.05. The van der Waals surface area contributed by atoms with Crippen molar-refractivity contribution in [1.82, 2.24) is 0 Å². The van der Waals surface area contributed by atoms with Gasteiger partial charge in [0, 0.05) is 0 Å². The van der Waals surface area contributed by atoms with Crippen molar-refractivity contribution in [2.75, 3.05) is 0 Å². The quantitative estimate of drug-likeness (QED) is 0.435. The highest BCUT2D eigenvalue weighted by molar-refractivity contribution is 6.46. The van der Waals surface area contributed by atoms with Crippen LogP contribution in [0.3, 0.4) is 0 Å². The average Bonchev–Trinajstić information content (AvgIpc) is 3.29. The van der Waals surface area contributed by atoms with E-state index in [2.05, 4.69) is 0 Å². The number of esters is 4. The van der Waals surface area contributed by atoms with E-state index >= 15 is 0 Å². The van der Waals surface area contributed by atoms with Gasteiger partial charge in [0.2, 0.25) is 0 Å². The number of cyclic esters (lactones) is 4. The molecule has 3 aromatic rings. The maximum atomic E-state index is 12.7. The van der Waals surface area contributed by atoms with E-state index in [0.29, 0.717) is 33.4 Å². The standard InChI is InChI=1S/C28H18O6/c1-15-13-20(24-22(26(30)34-28(24)32)18-11-7-4-8-12-18)16(2)14-19(15)23-21(25(29)33-27(23)31)17-9-5-3-6-10-17/h3-14H,1-2H3. The summed E-state index contributed by atoms with van der Waals surface area (Å²) >= 11 is 0. The van der Waals surface area contributed by atoms with Gasteiger partial charge in [-0.05, 0) is 47.2 Å². The molecule has 0 saturated heterocycles. The number of carbonyl (C=O) groups excluding carboxylic acids is 4. The highest BCUT2D eigenvalue weighted by Crippen LogP contribution is 2.40. The van der Waals surface area contributed by atoms with E-state index in [-0.39, 0.29) is 22.3 Å². The van der Waals surface area contributed by atoms with Gasteiger partial charge >= 0.3 is 23.9 Å². The van der Waals surface area contributed by atoms with Gasteiger partial charge < -0.3 is 9.47 Å². The van der Waals surface area contributed by atoms with Crippen molar-refractivity contribution < 1.29 is 28.7 Å². The first-order valence-electron chi connectivity index (χ1n) is 10.6. The van der Waals surface area contributed by atoms with Crippen LogP contribution < -0.4 is 0 Å². The Labute approximate surface area is 195 Å². The van der Waals surface area contributed by atoms with Crippen molar-refractivity contribution in [3.63, 3.8) is 0 Å². The summed E-state index contributed by atoms with van der Waals surface area (Å²) in [5, 5.41) is 0. The zero-order valence-corrected chi connectivity index (χ0v) is 18.4. The minimum absolute atomic E-state index is 0.172. The lowest BCUT2D eigenvalue weighted by Gasteiger charge is -2.13. The number of aryl methyl sites for hydroxylation is 2. The second-order valence-corrected chi connectivity index (χ2v) is 8.07. The Morgan fingerprint density at radius 2 is 0.794 bits per heavy atom. The summed E-state index contributed by atoms with van der Waals surface area (Å²) in [4.78, 5) is 50.4. The summed E-state index contributed by atoms with van der Waals surface area (Å²) < 4.78 is 9.89. The van der Waals surface area contributed by atoms with Gasteiger partial charge in [0.05, 0.1) is 22.3 Å².